The molecular formula is C13H23N. The summed E-state index contributed by atoms with van der Waals surface area (Å²) in [4.78, 5) is 0. The summed E-state index contributed by atoms with van der Waals surface area (Å²) in [5, 5.41) is 0. The van der Waals surface area contributed by atoms with Crippen molar-refractivity contribution in [3.8, 4) is 0 Å². The third-order valence-corrected chi connectivity index (χ3v) is 3.61. The van der Waals surface area contributed by atoms with Gasteiger partial charge in [0.1, 0.15) is 0 Å². The second kappa shape index (κ2) is 4.20. The zero-order valence-electron chi connectivity index (χ0n) is 9.98. The standard InChI is InChI=1S/C13H23N/c1-5-10-8-11(6-2)12(14)13(4,7-3)9-10/h8H,5-7,9,14H2,1-4H3. The van der Waals surface area contributed by atoms with Crippen LogP contribution in [-0.2, 0) is 0 Å². The summed E-state index contributed by atoms with van der Waals surface area (Å²) in [6.07, 6.45) is 6.82. The number of nitrogens with two attached hydrogens (primary N) is 1. The Kier molecular flexibility index (Phi) is 3.41. The summed E-state index contributed by atoms with van der Waals surface area (Å²) in [6, 6.07) is 0. The first-order chi connectivity index (χ1) is 6.57. The highest BCUT2D eigenvalue weighted by molar-refractivity contribution is 5.36. The smallest absolute Gasteiger partial charge is 0.0176 e. The predicted molar refractivity (Wildman–Crippen MR) is 62.9 cm³/mol. The lowest BCUT2D eigenvalue weighted by atomic mass is 9.72. The van der Waals surface area contributed by atoms with Crippen LogP contribution in [0.3, 0.4) is 0 Å². The Morgan fingerprint density at radius 3 is 2.36 bits per heavy atom. The molecule has 80 valence electrons. The van der Waals surface area contributed by atoms with E-state index in [2.05, 4.69) is 33.8 Å². The molecule has 1 aliphatic rings. The van der Waals surface area contributed by atoms with Gasteiger partial charge in [0.15, 0.2) is 0 Å². The zero-order chi connectivity index (χ0) is 10.8. The van der Waals surface area contributed by atoms with Gasteiger partial charge in [-0.1, -0.05) is 39.3 Å². The summed E-state index contributed by atoms with van der Waals surface area (Å²) >= 11 is 0. The van der Waals surface area contributed by atoms with Crippen molar-refractivity contribution in [2.75, 3.05) is 0 Å². The Morgan fingerprint density at radius 1 is 1.29 bits per heavy atom. The zero-order valence-corrected chi connectivity index (χ0v) is 9.98. The topological polar surface area (TPSA) is 26.0 Å². The summed E-state index contributed by atoms with van der Waals surface area (Å²) in [5.41, 5.74) is 10.5. The summed E-state index contributed by atoms with van der Waals surface area (Å²) < 4.78 is 0. The van der Waals surface area contributed by atoms with Gasteiger partial charge in [0.05, 0.1) is 0 Å². The SMILES string of the molecule is CCC1=CC(CC)=C(N)C(C)(CC)C1. The Bertz CT molecular complexity index is 273. The fourth-order valence-corrected chi connectivity index (χ4v) is 2.19. The van der Waals surface area contributed by atoms with E-state index < -0.39 is 0 Å². The van der Waals surface area contributed by atoms with Crippen molar-refractivity contribution in [2.45, 2.75) is 53.4 Å². The quantitative estimate of drug-likeness (QED) is 0.725. The molecule has 14 heavy (non-hydrogen) atoms. The van der Waals surface area contributed by atoms with Gasteiger partial charge in [0, 0.05) is 11.1 Å². The third kappa shape index (κ3) is 1.87. The molecule has 0 aromatic carbocycles. The molecule has 1 unspecified atom stereocenters. The van der Waals surface area contributed by atoms with Crippen LogP contribution in [0.25, 0.3) is 0 Å². The highest BCUT2D eigenvalue weighted by atomic mass is 14.6. The molecule has 1 nitrogen and oxygen atoms in total. The lowest BCUT2D eigenvalue weighted by Crippen LogP contribution is -2.28. The van der Waals surface area contributed by atoms with Crippen molar-refractivity contribution in [3.05, 3.63) is 22.9 Å². The lowest BCUT2D eigenvalue weighted by molar-refractivity contribution is 0.361. The van der Waals surface area contributed by atoms with Crippen LogP contribution < -0.4 is 5.73 Å². The van der Waals surface area contributed by atoms with E-state index in [0.717, 1.165) is 31.4 Å². The number of rotatable bonds is 3. The Morgan fingerprint density at radius 2 is 1.93 bits per heavy atom. The molecular weight excluding hydrogens is 170 g/mol. The minimum absolute atomic E-state index is 0.214. The molecule has 0 aliphatic heterocycles. The van der Waals surface area contributed by atoms with Gasteiger partial charge in [-0.15, -0.1) is 0 Å². The van der Waals surface area contributed by atoms with Crippen LogP contribution >= 0.6 is 0 Å². The van der Waals surface area contributed by atoms with Crippen LogP contribution in [0.5, 0.6) is 0 Å². The largest absolute Gasteiger partial charge is 0.401 e. The molecule has 1 heteroatoms. The molecule has 2 N–H and O–H groups in total. The molecule has 0 aromatic rings. The molecule has 1 rings (SSSR count). The highest BCUT2D eigenvalue weighted by Crippen LogP contribution is 2.41. The van der Waals surface area contributed by atoms with Crippen molar-refractivity contribution in [1.82, 2.24) is 0 Å². The first kappa shape index (κ1) is 11.4. The van der Waals surface area contributed by atoms with Gasteiger partial charge < -0.3 is 5.73 Å². The summed E-state index contributed by atoms with van der Waals surface area (Å²) in [6.45, 7) is 8.95. The van der Waals surface area contributed by atoms with Gasteiger partial charge in [0.25, 0.3) is 0 Å². The summed E-state index contributed by atoms with van der Waals surface area (Å²) in [5.74, 6) is 0. The number of hydrogen-bond donors (Lipinski definition) is 1. The van der Waals surface area contributed by atoms with Crippen LogP contribution in [-0.4, -0.2) is 0 Å². The Balaban J connectivity index is 3.08. The maximum atomic E-state index is 6.23. The highest BCUT2D eigenvalue weighted by Gasteiger charge is 2.30. The van der Waals surface area contributed by atoms with E-state index in [0.29, 0.717) is 0 Å². The van der Waals surface area contributed by atoms with Gasteiger partial charge >= 0.3 is 0 Å². The Labute approximate surface area is 88.1 Å². The summed E-state index contributed by atoms with van der Waals surface area (Å²) in [7, 11) is 0. The van der Waals surface area contributed by atoms with E-state index >= 15 is 0 Å². The second-order valence-corrected chi connectivity index (χ2v) is 4.54. The Hall–Kier alpha value is -0.720. The van der Waals surface area contributed by atoms with E-state index in [-0.39, 0.29) is 5.41 Å². The second-order valence-electron chi connectivity index (χ2n) is 4.54. The lowest BCUT2D eigenvalue weighted by Gasteiger charge is -2.35. The fourth-order valence-electron chi connectivity index (χ4n) is 2.19. The fraction of sp³-hybridized carbons (Fsp3) is 0.692. The van der Waals surface area contributed by atoms with Crippen molar-refractivity contribution >= 4 is 0 Å². The van der Waals surface area contributed by atoms with E-state index in [4.69, 9.17) is 5.73 Å². The van der Waals surface area contributed by atoms with Gasteiger partial charge in [-0.25, -0.2) is 0 Å². The first-order valence-corrected chi connectivity index (χ1v) is 5.76. The van der Waals surface area contributed by atoms with Crippen LogP contribution in [0.4, 0.5) is 0 Å². The van der Waals surface area contributed by atoms with Crippen molar-refractivity contribution in [1.29, 1.82) is 0 Å². The minimum atomic E-state index is 0.214. The molecule has 0 saturated heterocycles. The minimum Gasteiger partial charge on any atom is -0.401 e. The van der Waals surface area contributed by atoms with Crippen LogP contribution in [0.2, 0.25) is 0 Å². The van der Waals surface area contributed by atoms with Gasteiger partial charge in [-0.05, 0) is 31.3 Å². The van der Waals surface area contributed by atoms with Crippen molar-refractivity contribution in [2.24, 2.45) is 11.1 Å². The molecule has 0 spiro atoms. The third-order valence-electron chi connectivity index (χ3n) is 3.61. The van der Waals surface area contributed by atoms with Gasteiger partial charge in [-0.2, -0.15) is 0 Å². The number of allylic oxidation sites excluding steroid dienone is 4. The predicted octanol–water partition coefficient (Wildman–Crippen LogP) is 3.77. The van der Waals surface area contributed by atoms with Crippen LogP contribution in [0.1, 0.15) is 53.4 Å². The van der Waals surface area contributed by atoms with Gasteiger partial charge in [0.2, 0.25) is 0 Å². The van der Waals surface area contributed by atoms with E-state index in [1.807, 2.05) is 0 Å². The normalized spacial score (nSPS) is 27.9. The molecule has 1 atom stereocenters. The molecule has 0 amide bonds. The molecule has 0 fully saturated rings. The van der Waals surface area contributed by atoms with Crippen LogP contribution in [0.15, 0.2) is 22.9 Å². The molecule has 0 aromatic heterocycles. The van der Waals surface area contributed by atoms with Crippen molar-refractivity contribution in [3.63, 3.8) is 0 Å². The molecule has 1 aliphatic carbocycles. The van der Waals surface area contributed by atoms with E-state index in [9.17, 15) is 0 Å². The molecule has 0 heterocycles. The van der Waals surface area contributed by atoms with E-state index in [1.54, 1.807) is 5.57 Å². The maximum absolute atomic E-state index is 6.23. The molecule has 0 saturated carbocycles. The maximum Gasteiger partial charge on any atom is 0.0176 e. The average Bonchev–Trinajstić information content (AvgIpc) is 2.22. The van der Waals surface area contributed by atoms with E-state index in [1.165, 1.54) is 5.57 Å². The molecule has 0 radical (unpaired) electrons. The molecule has 0 bridgehead atoms. The monoisotopic (exact) mass is 193 g/mol. The van der Waals surface area contributed by atoms with Gasteiger partial charge in [-0.3, -0.25) is 0 Å². The average molecular weight is 193 g/mol. The van der Waals surface area contributed by atoms with Crippen LogP contribution in [0, 0.1) is 5.41 Å². The first-order valence-electron chi connectivity index (χ1n) is 5.76. The van der Waals surface area contributed by atoms with Crippen molar-refractivity contribution < 1.29 is 0 Å². The number of hydrogen-bond acceptors (Lipinski definition) is 1.